The smallest absolute Gasteiger partial charge is 0.416 e. The number of rotatable bonds is 4. The number of benzene rings is 1. The van der Waals surface area contributed by atoms with E-state index in [9.17, 15) is 18.0 Å². The first-order chi connectivity index (χ1) is 11.3. The topological polar surface area (TPSA) is 89.3 Å². The van der Waals surface area contributed by atoms with Gasteiger partial charge in [-0.15, -0.1) is 0 Å². The normalized spacial score (nSPS) is 11.0. The molecule has 0 radical (unpaired) electrons. The molecule has 6 nitrogen and oxygen atoms in total. The molecule has 24 heavy (non-hydrogen) atoms. The van der Waals surface area contributed by atoms with Gasteiger partial charge in [0.15, 0.2) is 0 Å². The predicted octanol–water partition coefficient (Wildman–Crippen LogP) is 3.21. The molecule has 9 heteroatoms. The maximum absolute atomic E-state index is 12.8. The van der Waals surface area contributed by atoms with Crippen LogP contribution in [0.4, 0.5) is 29.5 Å². The summed E-state index contributed by atoms with van der Waals surface area (Å²) in [6, 6.07) is 7.29. The van der Waals surface area contributed by atoms with Gasteiger partial charge in [0, 0.05) is 12.2 Å². The molecule has 2 aromatic rings. The van der Waals surface area contributed by atoms with Crippen LogP contribution in [0.2, 0.25) is 0 Å². The van der Waals surface area contributed by atoms with Crippen molar-refractivity contribution in [3.05, 3.63) is 47.7 Å². The number of carbonyl (C=O) groups excluding carboxylic acids is 1. The van der Waals surface area contributed by atoms with Crippen molar-refractivity contribution in [2.45, 2.75) is 12.7 Å². The number of urea groups is 1. The van der Waals surface area contributed by atoms with Crippen LogP contribution in [0.15, 0.2) is 36.4 Å². The first-order valence-corrected chi connectivity index (χ1v) is 6.82. The monoisotopic (exact) mass is 340 g/mol. The molecule has 1 aromatic heterocycles. The van der Waals surface area contributed by atoms with Gasteiger partial charge in [0.25, 0.3) is 0 Å². The highest BCUT2D eigenvalue weighted by molar-refractivity contribution is 5.99. The standard InChI is InChI=1S/C15H15F3N4O2/c1-24-12-4-2-10(3-5-12)21-14(23)22-13-7-9(15(16,17)18)6-11(8-19)20-13/h2-7H,8,19H2,1H3,(H2,20,21,22,23). The van der Waals surface area contributed by atoms with Gasteiger partial charge in [0.1, 0.15) is 11.6 Å². The number of nitrogens with zero attached hydrogens (tertiary/aromatic N) is 1. The summed E-state index contributed by atoms with van der Waals surface area (Å²) < 4.78 is 43.5. The second-order valence-electron chi connectivity index (χ2n) is 4.74. The number of nitrogens with two attached hydrogens (primary N) is 1. The van der Waals surface area contributed by atoms with Crippen molar-refractivity contribution >= 4 is 17.5 Å². The average molecular weight is 340 g/mol. The van der Waals surface area contributed by atoms with Crippen LogP contribution in [0, 0.1) is 0 Å². The second kappa shape index (κ2) is 7.18. The van der Waals surface area contributed by atoms with Crippen LogP contribution >= 0.6 is 0 Å². The molecule has 4 N–H and O–H groups in total. The number of nitrogens with one attached hydrogen (secondary N) is 2. The number of amides is 2. The van der Waals surface area contributed by atoms with E-state index in [4.69, 9.17) is 10.5 Å². The summed E-state index contributed by atoms with van der Waals surface area (Å²) in [4.78, 5) is 15.7. The van der Waals surface area contributed by atoms with Gasteiger partial charge in [-0.2, -0.15) is 13.2 Å². The Labute approximate surface area is 135 Å². The average Bonchev–Trinajstić information content (AvgIpc) is 2.54. The van der Waals surface area contributed by atoms with Crippen LogP contribution in [0.5, 0.6) is 5.75 Å². The summed E-state index contributed by atoms with van der Waals surface area (Å²) >= 11 is 0. The van der Waals surface area contributed by atoms with Crippen LogP contribution in [-0.4, -0.2) is 18.1 Å². The van der Waals surface area contributed by atoms with Crippen molar-refractivity contribution in [2.75, 3.05) is 17.7 Å². The SMILES string of the molecule is COc1ccc(NC(=O)Nc2cc(C(F)(F)F)cc(CN)n2)cc1. The molecule has 1 aromatic carbocycles. The number of alkyl halides is 3. The molecule has 0 aliphatic carbocycles. The van der Waals surface area contributed by atoms with Gasteiger partial charge in [-0.05, 0) is 36.4 Å². The van der Waals surface area contributed by atoms with Crippen LogP contribution in [-0.2, 0) is 12.7 Å². The minimum Gasteiger partial charge on any atom is -0.497 e. The van der Waals surface area contributed by atoms with Crippen LogP contribution in [0.25, 0.3) is 0 Å². The summed E-state index contributed by atoms with van der Waals surface area (Å²) in [5.41, 5.74) is 4.87. The third kappa shape index (κ3) is 4.59. The van der Waals surface area contributed by atoms with E-state index in [-0.39, 0.29) is 18.1 Å². The fraction of sp³-hybridized carbons (Fsp3) is 0.200. The Bertz CT molecular complexity index is 718. The fourth-order valence-electron chi connectivity index (χ4n) is 1.87. The van der Waals surface area contributed by atoms with Crippen molar-refractivity contribution in [3.63, 3.8) is 0 Å². The quantitative estimate of drug-likeness (QED) is 0.797. The summed E-state index contributed by atoms with van der Waals surface area (Å²) in [7, 11) is 1.50. The van der Waals surface area contributed by atoms with Crippen LogP contribution in [0.1, 0.15) is 11.3 Å². The van der Waals surface area contributed by atoms with E-state index in [1.54, 1.807) is 24.3 Å². The molecule has 0 bridgehead atoms. The van der Waals surface area contributed by atoms with Crippen molar-refractivity contribution in [2.24, 2.45) is 5.73 Å². The lowest BCUT2D eigenvalue weighted by Gasteiger charge is -2.12. The van der Waals surface area contributed by atoms with E-state index in [1.807, 2.05) is 0 Å². The van der Waals surface area contributed by atoms with Crippen LogP contribution in [0.3, 0.4) is 0 Å². The number of pyridine rings is 1. The molecule has 0 fully saturated rings. The zero-order valence-corrected chi connectivity index (χ0v) is 12.6. The number of ether oxygens (including phenoxy) is 1. The van der Waals surface area contributed by atoms with E-state index in [2.05, 4.69) is 15.6 Å². The van der Waals surface area contributed by atoms with E-state index < -0.39 is 17.8 Å². The van der Waals surface area contributed by atoms with Crippen LogP contribution < -0.4 is 21.1 Å². The largest absolute Gasteiger partial charge is 0.497 e. The third-order valence-corrected chi connectivity index (χ3v) is 3.00. The lowest BCUT2D eigenvalue weighted by atomic mass is 10.2. The second-order valence-corrected chi connectivity index (χ2v) is 4.74. The van der Waals surface area contributed by atoms with E-state index in [0.717, 1.165) is 12.1 Å². The Morgan fingerprint density at radius 1 is 1.21 bits per heavy atom. The Morgan fingerprint density at radius 3 is 2.42 bits per heavy atom. The van der Waals surface area contributed by atoms with Crippen molar-refractivity contribution in [1.29, 1.82) is 0 Å². The molecular weight excluding hydrogens is 325 g/mol. The maximum atomic E-state index is 12.8. The highest BCUT2D eigenvalue weighted by Gasteiger charge is 2.31. The molecule has 0 atom stereocenters. The Morgan fingerprint density at radius 2 is 1.88 bits per heavy atom. The minimum atomic E-state index is -4.56. The van der Waals surface area contributed by atoms with Gasteiger partial charge >= 0.3 is 12.2 Å². The minimum absolute atomic E-state index is 0.0181. The van der Waals surface area contributed by atoms with Crippen molar-refractivity contribution < 1.29 is 22.7 Å². The number of hydrogen-bond acceptors (Lipinski definition) is 4. The molecule has 0 aliphatic heterocycles. The number of halogens is 3. The molecule has 0 unspecified atom stereocenters. The lowest BCUT2D eigenvalue weighted by Crippen LogP contribution is -2.21. The molecule has 1 heterocycles. The van der Waals surface area contributed by atoms with Gasteiger partial charge in [-0.1, -0.05) is 0 Å². The number of anilines is 2. The van der Waals surface area contributed by atoms with E-state index in [0.29, 0.717) is 11.4 Å². The lowest BCUT2D eigenvalue weighted by molar-refractivity contribution is -0.137. The molecule has 0 aliphatic rings. The van der Waals surface area contributed by atoms with Crippen molar-refractivity contribution in [1.82, 2.24) is 4.98 Å². The van der Waals surface area contributed by atoms with Crippen molar-refractivity contribution in [3.8, 4) is 5.75 Å². The Balaban J connectivity index is 2.12. The first kappa shape index (κ1) is 17.5. The van der Waals surface area contributed by atoms with E-state index in [1.165, 1.54) is 7.11 Å². The highest BCUT2D eigenvalue weighted by atomic mass is 19.4. The molecule has 2 amide bonds. The number of aromatic nitrogens is 1. The zero-order valence-electron chi connectivity index (χ0n) is 12.6. The maximum Gasteiger partial charge on any atom is 0.416 e. The molecule has 128 valence electrons. The van der Waals surface area contributed by atoms with Gasteiger partial charge in [-0.25, -0.2) is 9.78 Å². The van der Waals surface area contributed by atoms with Gasteiger partial charge in [0.2, 0.25) is 0 Å². The number of methoxy groups -OCH3 is 1. The highest BCUT2D eigenvalue weighted by Crippen LogP contribution is 2.31. The molecule has 2 rings (SSSR count). The zero-order chi connectivity index (χ0) is 17.7. The molecule has 0 saturated heterocycles. The Kier molecular flexibility index (Phi) is 5.24. The summed E-state index contributed by atoms with van der Waals surface area (Å²) in [5.74, 6) is 0.365. The third-order valence-electron chi connectivity index (χ3n) is 3.00. The van der Waals surface area contributed by atoms with E-state index >= 15 is 0 Å². The first-order valence-electron chi connectivity index (χ1n) is 6.82. The number of carbonyl (C=O) groups is 1. The number of hydrogen-bond donors (Lipinski definition) is 3. The molecular formula is C15H15F3N4O2. The van der Waals surface area contributed by atoms with Gasteiger partial charge in [-0.3, -0.25) is 5.32 Å². The summed E-state index contributed by atoms with van der Waals surface area (Å²) in [6.07, 6.45) is -4.56. The summed E-state index contributed by atoms with van der Waals surface area (Å²) in [6.45, 7) is -0.182. The predicted molar refractivity (Wildman–Crippen MR) is 82.8 cm³/mol. The van der Waals surface area contributed by atoms with Gasteiger partial charge in [0.05, 0.1) is 18.4 Å². The Hall–Kier alpha value is -2.81. The van der Waals surface area contributed by atoms with Gasteiger partial charge < -0.3 is 15.8 Å². The molecule has 0 saturated carbocycles. The molecule has 0 spiro atoms. The fourth-order valence-corrected chi connectivity index (χ4v) is 1.87. The summed E-state index contributed by atoms with van der Waals surface area (Å²) in [5, 5.41) is 4.74.